The maximum Gasteiger partial charge on any atom is 0.247 e. The molecule has 3 rings (SSSR count). The molecule has 1 fully saturated rings. The number of amides is 2. The first kappa shape index (κ1) is 15.1. The van der Waals surface area contributed by atoms with Gasteiger partial charge in [-0.3, -0.25) is 9.59 Å². The Morgan fingerprint density at radius 3 is 2.64 bits per heavy atom. The first-order chi connectivity index (χ1) is 10.6. The monoisotopic (exact) mass is 376 g/mol. The van der Waals surface area contributed by atoms with Crippen LogP contribution in [0.1, 0.15) is 6.42 Å². The molecule has 1 aliphatic heterocycles. The standard InChI is InChI=1S/C16H13BrN2O2S/c17-10-4-3-5-11(8-10)19-15(20)9-14(16(19)21)22-13-7-2-1-6-12(13)18/h1-8,14H,9,18H2/t14-/m1/s1. The number of halogens is 1. The zero-order chi connectivity index (χ0) is 15.7. The van der Waals surface area contributed by atoms with E-state index >= 15 is 0 Å². The lowest BCUT2D eigenvalue weighted by Crippen LogP contribution is -2.31. The molecule has 0 radical (unpaired) electrons. The molecule has 0 bridgehead atoms. The van der Waals surface area contributed by atoms with Crippen LogP contribution < -0.4 is 10.6 Å². The minimum absolute atomic E-state index is 0.185. The molecular formula is C16H13BrN2O2S. The summed E-state index contributed by atoms with van der Waals surface area (Å²) < 4.78 is 0.828. The largest absolute Gasteiger partial charge is 0.398 e. The molecule has 112 valence electrons. The maximum absolute atomic E-state index is 12.6. The molecule has 22 heavy (non-hydrogen) atoms. The predicted octanol–water partition coefficient (Wildman–Crippen LogP) is 3.46. The number of rotatable bonds is 3. The summed E-state index contributed by atoms with van der Waals surface area (Å²) in [6, 6.07) is 14.5. The molecule has 0 aromatic heterocycles. The van der Waals surface area contributed by atoms with Crippen molar-refractivity contribution in [3.63, 3.8) is 0 Å². The fourth-order valence-corrected chi connectivity index (χ4v) is 3.81. The number of imide groups is 1. The van der Waals surface area contributed by atoms with Gasteiger partial charge in [-0.05, 0) is 30.3 Å². The third-order valence-electron chi connectivity index (χ3n) is 3.36. The Morgan fingerprint density at radius 2 is 1.91 bits per heavy atom. The number of nitrogens with zero attached hydrogens (tertiary/aromatic N) is 1. The quantitative estimate of drug-likeness (QED) is 0.657. The van der Waals surface area contributed by atoms with Crippen molar-refractivity contribution < 1.29 is 9.59 Å². The van der Waals surface area contributed by atoms with Crippen molar-refractivity contribution in [1.82, 2.24) is 0 Å². The molecule has 2 amide bonds. The van der Waals surface area contributed by atoms with Crippen molar-refractivity contribution in [2.75, 3.05) is 10.6 Å². The van der Waals surface area contributed by atoms with E-state index in [0.717, 1.165) is 9.37 Å². The van der Waals surface area contributed by atoms with Crippen LogP contribution in [0, 0.1) is 0 Å². The van der Waals surface area contributed by atoms with Crippen molar-refractivity contribution in [2.24, 2.45) is 0 Å². The second kappa shape index (κ2) is 6.14. The van der Waals surface area contributed by atoms with Crippen LogP contribution in [0.15, 0.2) is 57.9 Å². The average Bonchev–Trinajstić information content (AvgIpc) is 2.76. The number of anilines is 2. The molecule has 0 unspecified atom stereocenters. The molecule has 0 spiro atoms. The molecule has 0 aliphatic carbocycles. The smallest absolute Gasteiger partial charge is 0.247 e. The van der Waals surface area contributed by atoms with E-state index in [2.05, 4.69) is 15.9 Å². The van der Waals surface area contributed by atoms with Gasteiger partial charge in [-0.25, -0.2) is 4.90 Å². The van der Waals surface area contributed by atoms with E-state index in [4.69, 9.17) is 5.73 Å². The van der Waals surface area contributed by atoms with E-state index in [1.807, 2.05) is 24.3 Å². The molecule has 2 aromatic rings. The van der Waals surface area contributed by atoms with Gasteiger partial charge < -0.3 is 5.73 Å². The van der Waals surface area contributed by atoms with Gasteiger partial charge in [0.15, 0.2) is 0 Å². The van der Waals surface area contributed by atoms with Crippen molar-refractivity contribution in [3.05, 3.63) is 53.0 Å². The number of carbonyl (C=O) groups is 2. The van der Waals surface area contributed by atoms with Gasteiger partial charge >= 0.3 is 0 Å². The van der Waals surface area contributed by atoms with Crippen molar-refractivity contribution in [2.45, 2.75) is 16.6 Å². The van der Waals surface area contributed by atoms with Crippen LogP contribution in [-0.4, -0.2) is 17.1 Å². The summed E-state index contributed by atoms with van der Waals surface area (Å²) in [6.45, 7) is 0. The Morgan fingerprint density at radius 1 is 1.14 bits per heavy atom. The summed E-state index contributed by atoms with van der Waals surface area (Å²) in [4.78, 5) is 26.9. The highest BCUT2D eigenvalue weighted by Gasteiger charge is 2.40. The fraction of sp³-hybridized carbons (Fsp3) is 0.125. The second-order valence-corrected chi connectivity index (χ2v) is 7.06. The summed E-state index contributed by atoms with van der Waals surface area (Å²) in [5.41, 5.74) is 7.12. The van der Waals surface area contributed by atoms with Gasteiger partial charge in [-0.2, -0.15) is 0 Å². The highest BCUT2D eigenvalue weighted by Crippen LogP contribution is 2.36. The number of hydrogen-bond acceptors (Lipinski definition) is 4. The molecule has 2 aromatic carbocycles. The molecule has 0 saturated carbocycles. The molecule has 2 N–H and O–H groups in total. The first-order valence-electron chi connectivity index (χ1n) is 6.70. The Bertz CT molecular complexity index is 750. The third-order valence-corrected chi connectivity index (χ3v) is 5.13. The minimum Gasteiger partial charge on any atom is -0.398 e. The Hall–Kier alpha value is -1.79. The van der Waals surface area contributed by atoms with E-state index in [0.29, 0.717) is 11.4 Å². The van der Waals surface area contributed by atoms with Gasteiger partial charge in [0, 0.05) is 21.5 Å². The second-order valence-electron chi connectivity index (χ2n) is 4.90. The average molecular weight is 377 g/mol. The SMILES string of the molecule is Nc1ccccc1S[C@@H]1CC(=O)N(c2cccc(Br)c2)C1=O. The van der Waals surface area contributed by atoms with Crippen LogP contribution in [-0.2, 0) is 9.59 Å². The Balaban J connectivity index is 1.84. The number of thioether (sulfide) groups is 1. The van der Waals surface area contributed by atoms with Crippen LogP contribution in [0.5, 0.6) is 0 Å². The zero-order valence-electron chi connectivity index (χ0n) is 11.5. The van der Waals surface area contributed by atoms with Crippen LogP contribution >= 0.6 is 27.7 Å². The van der Waals surface area contributed by atoms with E-state index in [-0.39, 0.29) is 18.2 Å². The summed E-state index contributed by atoms with van der Waals surface area (Å²) >= 11 is 4.70. The lowest BCUT2D eigenvalue weighted by atomic mass is 10.3. The summed E-state index contributed by atoms with van der Waals surface area (Å²) in [5.74, 6) is -0.383. The van der Waals surface area contributed by atoms with Gasteiger partial charge in [-0.1, -0.05) is 34.1 Å². The molecule has 1 saturated heterocycles. The lowest BCUT2D eigenvalue weighted by Gasteiger charge is -2.15. The molecule has 1 heterocycles. The van der Waals surface area contributed by atoms with Crippen LogP contribution in [0.25, 0.3) is 0 Å². The Labute approximate surface area is 140 Å². The third kappa shape index (κ3) is 2.89. The minimum atomic E-state index is -0.434. The van der Waals surface area contributed by atoms with Crippen molar-refractivity contribution in [1.29, 1.82) is 0 Å². The number of carbonyl (C=O) groups excluding carboxylic acids is 2. The fourth-order valence-electron chi connectivity index (χ4n) is 2.32. The highest BCUT2D eigenvalue weighted by atomic mass is 79.9. The number of para-hydroxylation sites is 1. The molecular weight excluding hydrogens is 364 g/mol. The Kier molecular flexibility index (Phi) is 4.22. The van der Waals surface area contributed by atoms with Gasteiger partial charge in [0.05, 0.1) is 10.9 Å². The summed E-state index contributed by atoms with van der Waals surface area (Å²) in [6.07, 6.45) is 0.185. The maximum atomic E-state index is 12.6. The topological polar surface area (TPSA) is 63.4 Å². The van der Waals surface area contributed by atoms with Crippen molar-refractivity contribution in [3.8, 4) is 0 Å². The molecule has 1 aliphatic rings. The number of nitrogens with two attached hydrogens (primary N) is 1. The van der Waals surface area contributed by atoms with E-state index in [1.54, 1.807) is 24.3 Å². The summed E-state index contributed by atoms with van der Waals surface area (Å²) in [5, 5.41) is -0.434. The number of benzene rings is 2. The molecule has 1 atom stereocenters. The molecule has 6 heteroatoms. The predicted molar refractivity (Wildman–Crippen MR) is 91.8 cm³/mol. The normalized spacial score (nSPS) is 18.0. The van der Waals surface area contributed by atoms with Crippen LogP contribution in [0.2, 0.25) is 0 Å². The number of hydrogen-bond donors (Lipinski definition) is 1. The van der Waals surface area contributed by atoms with Crippen LogP contribution in [0.3, 0.4) is 0 Å². The zero-order valence-corrected chi connectivity index (χ0v) is 13.9. The lowest BCUT2D eigenvalue weighted by molar-refractivity contribution is -0.121. The van der Waals surface area contributed by atoms with E-state index < -0.39 is 5.25 Å². The summed E-state index contributed by atoms with van der Waals surface area (Å²) in [7, 11) is 0. The van der Waals surface area contributed by atoms with Gasteiger partial charge in [-0.15, -0.1) is 11.8 Å². The highest BCUT2D eigenvalue weighted by molar-refractivity contribution is 9.10. The number of nitrogen functional groups attached to an aromatic ring is 1. The van der Waals surface area contributed by atoms with Gasteiger partial charge in [0.25, 0.3) is 0 Å². The van der Waals surface area contributed by atoms with Gasteiger partial charge in [0.2, 0.25) is 11.8 Å². The van der Waals surface area contributed by atoms with E-state index in [9.17, 15) is 9.59 Å². The first-order valence-corrected chi connectivity index (χ1v) is 8.37. The molecule has 4 nitrogen and oxygen atoms in total. The van der Waals surface area contributed by atoms with Gasteiger partial charge in [0.1, 0.15) is 0 Å². The van der Waals surface area contributed by atoms with E-state index in [1.165, 1.54) is 16.7 Å². The van der Waals surface area contributed by atoms with Crippen molar-refractivity contribution >= 4 is 50.9 Å². The van der Waals surface area contributed by atoms with Crippen LogP contribution in [0.4, 0.5) is 11.4 Å².